The zero-order valence-electron chi connectivity index (χ0n) is 17.9. The first-order valence-corrected chi connectivity index (χ1v) is 12.2. The van der Waals surface area contributed by atoms with Crippen LogP contribution >= 0.6 is 0 Å². The van der Waals surface area contributed by atoms with Crippen LogP contribution in [0.1, 0.15) is 110 Å². The van der Waals surface area contributed by atoms with Crippen LogP contribution in [-0.4, -0.2) is 11.6 Å². The molecule has 0 bridgehead atoms. The Balaban J connectivity index is 1.70. The number of rotatable bonds is 7. The van der Waals surface area contributed by atoms with E-state index in [9.17, 15) is 9.59 Å². The minimum Gasteiger partial charge on any atom is -0.299 e. The summed E-state index contributed by atoms with van der Waals surface area (Å²) in [5, 5.41) is 0. The molecule has 3 fully saturated rings. The first kappa shape index (κ1) is 21.1. The smallest absolute Gasteiger partial charge is 0.146 e. The molecular formula is C25H42O2. The van der Waals surface area contributed by atoms with Crippen LogP contribution in [0.5, 0.6) is 0 Å². The van der Waals surface area contributed by atoms with Crippen molar-refractivity contribution in [1.29, 1.82) is 0 Å². The maximum Gasteiger partial charge on any atom is 0.146 e. The van der Waals surface area contributed by atoms with E-state index in [1.165, 1.54) is 70.6 Å². The highest BCUT2D eigenvalue weighted by atomic mass is 16.2. The monoisotopic (exact) mass is 374 g/mol. The maximum absolute atomic E-state index is 13.7. The normalized spacial score (nSPS) is 34.4. The molecule has 3 saturated carbocycles. The number of carbonyl (C=O) groups excluding carboxylic acids is 2. The molecule has 3 aliphatic carbocycles. The Morgan fingerprint density at radius 1 is 0.852 bits per heavy atom. The Morgan fingerprint density at radius 3 is 2.07 bits per heavy atom. The van der Waals surface area contributed by atoms with Crippen LogP contribution in [0, 0.1) is 35.5 Å². The molecule has 0 spiro atoms. The molecule has 0 aliphatic heterocycles. The number of ketones is 2. The quantitative estimate of drug-likeness (QED) is 0.462. The summed E-state index contributed by atoms with van der Waals surface area (Å²) in [5.74, 6) is 3.13. The van der Waals surface area contributed by atoms with Crippen LogP contribution < -0.4 is 0 Å². The summed E-state index contributed by atoms with van der Waals surface area (Å²) in [4.78, 5) is 26.5. The maximum atomic E-state index is 13.7. The molecule has 0 aromatic carbocycles. The third kappa shape index (κ3) is 5.24. The van der Waals surface area contributed by atoms with Crippen molar-refractivity contribution in [2.45, 2.75) is 110 Å². The largest absolute Gasteiger partial charge is 0.299 e. The molecule has 0 heterocycles. The van der Waals surface area contributed by atoms with E-state index in [0.717, 1.165) is 25.2 Å². The fourth-order valence-electron chi connectivity index (χ4n) is 6.56. The summed E-state index contributed by atoms with van der Waals surface area (Å²) in [6.07, 6.45) is 17.8. The molecule has 154 valence electrons. The predicted molar refractivity (Wildman–Crippen MR) is 112 cm³/mol. The van der Waals surface area contributed by atoms with E-state index in [0.29, 0.717) is 30.0 Å². The van der Waals surface area contributed by atoms with Gasteiger partial charge in [-0.15, -0.1) is 0 Å². The Morgan fingerprint density at radius 2 is 1.48 bits per heavy atom. The molecule has 0 aromatic heterocycles. The topological polar surface area (TPSA) is 34.1 Å². The SMILES string of the molecule is CCCC1CCC(C(C(=O)C2CCC(CC)CC2=O)C2CCCCC2)CC1. The molecule has 0 saturated heterocycles. The number of hydrogen-bond donors (Lipinski definition) is 0. The number of hydrogen-bond acceptors (Lipinski definition) is 2. The van der Waals surface area contributed by atoms with Gasteiger partial charge in [-0.2, -0.15) is 0 Å². The van der Waals surface area contributed by atoms with Crippen LogP contribution in [0.3, 0.4) is 0 Å². The van der Waals surface area contributed by atoms with Crippen LogP contribution in [0.15, 0.2) is 0 Å². The Labute approximate surface area is 167 Å². The van der Waals surface area contributed by atoms with Crippen molar-refractivity contribution in [1.82, 2.24) is 0 Å². The van der Waals surface area contributed by atoms with Gasteiger partial charge in [0.2, 0.25) is 0 Å². The summed E-state index contributed by atoms with van der Waals surface area (Å²) in [6.45, 7) is 4.47. The molecule has 0 amide bonds. The van der Waals surface area contributed by atoms with Gasteiger partial charge in [-0.05, 0) is 62.2 Å². The molecular weight excluding hydrogens is 332 g/mol. The van der Waals surface area contributed by atoms with Gasteiger partial charge in [-0.25, -0.2) is 0 Å². The second-order valence-electron chi connectivity index (χ2n) is 9.97. The van der Waals surface area contributed by atoms with Gasteiger partial charge in [0.05, 0.1) is 5.92 Å². The third-order valence-corrected chi connectivity index (χ3v) is 8.25. The van der Waals surface area contributed by atoms with Crippen LogP contribution in [0.25, 0.3) is 0 Å². The summed E-state index contributed by atoms with van der Waals surface area (Å²) in [6, 6.07) is 0. The molecule has 0 N–H and O–H groups in total. The van der Waals surface area contributed by atoms with Gasteiger partial charge >= 0.3 is 0 Å². The lowest BCUT2D eigenvalue weighted by Crippen LogP contribution is -2.42. The molecule has 0 aromatic rings. The summed E-state index contributed by atoms with van der Waals surface area (Å²) in [7, 11) is 0. The van der Waals surface area contributed by atoms with Crippen molar-refractivity contribution in [3.63, 3.8) is 0 Å². The van der Waals surface area contributed by atoms with Gasteiger partial charge in [0.15, 0.2) is 0 Å². The summed E-state index contributed by atoms with van der Waals surface area (Å²) >= 11 is 0. The van der Waals surface area contributed by atoms with Crippen molar-refractivity contribution in [3.8, 4) is 0 Å². The molecule has 2 heteroatoms. The number of carbonyl (C=O) groups is 2. The van der Waals surface area contributed by atoms with Gasteiger partial charge in [0.1, 0.15) is 11.6 Å². The highest BCUT2D eigenvalue weighted by Gasteiger charge is 2.43. The molecule has 3 unspecified atom stereocenters. The average Bonchev–Trinajstić information content (AvgIpc) is 2.70. The zero-order valence-corrected chi connectivity index (χ0v) is 17.9. The van der Waals surface area contributed by atoms with E-state index < -0.39 is 0 Å². The van der Waals surface area contributed by atoms with Crippen LogP contribution in [0.2, 0.25) is 0 Å². The second kappa shape index (κ2) is 10.2. The van der Waals surface area contributed by atoms with Crippen molar-refractivity contribution in [2.24, 2.45) is 35.5 Å². The standard InChI is InChI=1S/C25H42O2/c1-3-8-19-11-14-21(15-12-19)24(20-9-6-5-7-10-20)25(27)22-16-13-18(4-2)17-23(22)26/h18-22,24H,3-17H2,1-2H3. The zero-order chi connectivity index (χ0) is 19.2. The highest BCUT2D eigenvalue weighted by molar-refractivity contribution is 6.04. The van der Waals surface area contributed by atoms with E-state index in [4.69, 9.17) is 0 Å². The summed E-state index contributed by atoms with van der Waals surface area (Å²) < 4.78 is 0. The first-order chi connectivity index (χ1) is 13.1. The van der Waals surface area contributed by atoms with Gasteiger partial charge < -0.3 is 0 Å². The van der Waals surface area contributed by atoms with E-state index in [1.807, 2.05) is 0 Å². The molecule has 27 heavy (non-hydrogen) atoms. The number of Topliss-reactive ketones (excluding diaryl/α,β-unsaturated/α-hetero) is 2. The fraction of sp³-hybridized carbons (Fsp3) is 0.920. The van der Waals surface area contributed by atoms with E-state index in [-0.39, 0.29) is 17.6 Å². The third-order valence-electron chi connectivity index (χ3n) is 8.25. The lowest BCUT2D eigenvalue weighted by Gasteiger charge is -2.40. The molecule has 2 nitrogen and oxygen atoms in total. The van der Waals surface area contributed by atoms with Gasteiger partial charge in [-0.1, -0.05) is 65.2 Å². The van der Waals surface area contributed by atoms with Crippen molar-refractivity contribution in [3.05, 3.63) is 0 Å². The molecule has 3 aliphatic rings. The second-order valence-corrected chi connectivity index (χ2v) is 9.97. The summed E-state index contributed by atoms with van der Waals surface area (Å²) in [5.41, 5.74) is 0. The van der Waals surface area contributed by atoms with Crippen LogP contribution in [0.4, 0.5) is 0 Å². The van der Waals surface area contributed by atoms with Gasteiger partial charge in [-0.3, -0.25) is 9.59 Å². The van der Waals surface area contributed by atoms with E-state index in [1.54, 1.807) is 0 Å². The fourth-order valence-corrected chi connectivity index (χ4v) is 6.56. The minimum atomic E-state index is -0.256. The minimum absolute atomic E-state index is 0.194. The van der Waals surface area contributed by atoms with E-state index >= 15 is 0 Å². The van der Waals surface area contributed by atoms with Crippen molar-refractivity contribution < 1.29 is 9.59 Å². The lowest BCUT2D eigenvalue weighted by atomic mass is 9.63. The predicted octanol–water partition coefficient (Wildman–Crippen LogP) is 6.75. The Kier molecular flexibility index (Phi) is 7.97. The first-order valence-electron chi connectivity index (χ1n) is 12.2. The molecule has 0 radical (unpaired) electrons. The van der Waals surface area contributed by atoms with Crippen molar-refractivity contribution in [2.75, 3.05) is 0 Å². The Bertz CT molecular complexity index is 483. The Hall–Kier alpha value is -0.660. The highest BCUT2D eigenvalue weighted by Crippen LogP contribution is 2.44. The van der Waals surface area contributed by atoms with Crippen molar-refractivity contribution >= 4 is 11.6 Å². The molecule has 3 atom stereocenters. The van der Waals surface area contributed by atoms with Gasteiger partial charge in [0, 0.05) is 12.3 Å². The molecule has 3 rings (SSSR count). The average molecular weight is 375 g/mol. The lowest BCUT2D eigenvalue weighted by molar-refractivity contribution is -0.141. The van der Waals surface area contributed by atoms with E-state index in [2.05, 4.69) is 13.8 Å². The van der Waals surface area contributed by atoms with Crippen LogP contribution in [-0.2, 0) is 9.59 Å². The van der Waals surface area contributed by atoms with Gasteiger partial charge in [0.25, 0.3) is 0 Å².